The molecule has 0 spiro atoms. The lowest BCUT2D eigenvalue weighted by Crippen LogP contribution is -2.18. The number of carbonyl (C=O) groups excluding carboxylic acids is 1. The van der Waals surface area contributed by atoms with Crippen LogP contribution in [0, 0.1) is 0 Å². The first-order valence-corrected chi connectivity index (χ1v) is 7.49. The average molecular weight is 313 g/mol. The highest BCUT2D eigenvalue weighted by atomic mass is 16.5. The molecule has 0 saturated carbocycles. The van der Waals surface area contributed by atoms with Gasteiger partial charge in [0.15, 0.2) is 0 Å². The van der Waals surface area contributed by atoms with E-state index >= 15 is 0 Å². The van der Waals surface area contributed by atoms with Crippen LogP contribution in [0.15, 0.2) is 42.5 Å². The number of nitrogens with one attached hydrogen (secondary N) is 1. The van der Waals surface area contributed by atoms with E-state index in [9.17, 15) is 4.79 Å². The van der Waals surface area contributed by atoms with Gasteiger partial charge in [-0.05, 0) is 29.2 Å². The molecule has 0 fully saturated rings. The molecule has 2 aromatic carbocycles. The van der Waals surface area contributed by atoms with Crippen LogP contribution in [0.1, 0.15) is 36.7 Å². The molecule has 0 heterocycles. The standard InChI is InChI=1S/C19H23NO3/c1-19(2,3)16-8-6-7-9-17(16)20-18(21)13-10-14(22-4)12-15(11-13)23-5/h6-12H,1-5H3,(H,20,21). The zero-order chi connectivity index (χ0) is 17.0. The van der Waals surface area contributed by atoms with Crippen LogP contribution >= 0.6 is 0 Å². The molecule has 23 heavy (non-hydrogen) atoms. The fraction of sp³-hybridized carbons (Fsp3) is 0.316. The van der Waals surface area contributed by atoms with E-state index in [1.54, 1.807) is 32.4 Å². The van der Waals surface area contributed by atoms with Crippen LogP contribution in [-0.2, 0) is 5.41 Å². The summed E-state index contributed by atoms with van der Waals surface area (Å²) in [6.07, 6.45) is 0. The first kappa shape index (κ1) is 16.9. The lowest BCUT2D eigenvalue weighted by molar-refractivity contribution is 0.102. The second kappa shape index (κ2) is 6.73. The minimum absolute atomic E-state index is 0.0596. The third kappa shape index (κ3) is 4.03. The largest absolute Gasteiger partial charge is 0.497 e. The summed E-state index contributed by atoms with van der Waals surface area (Å²) in [7, 11) is 3.12. The molecular formula is C19H23NO3. The molecule has 0 bridgehead atoms. The van der Waals surface area contributed by atoms with Crippen LogP contribution in [0.5, 0.6) is 11.5 Å². The van der Waals surface area contributed by atoms with Gasteiger partial charge in [-0.15, -0.1) is 0 Å². The Morgan fingerprint density at radius 1 is 0.957 bits per heavy atom. The normalized spacial score (nSPS) is 11.0. The molecule has 0 aromatic heterocycles. The lowest BCUT2D eigenvalue weighted by Gasteiger charge is -2.23. The zero-order valence-corrected chi connectivity index (χ0v) is 14.3. The Labute approximate surface area is 137 Å². The first-order valence-electron chi connectivity index (χ1n) is 7.49. The molecule has 4 heteroatoms. The SMILES string of the molecule is COc1cc(OC)cc(C(=O)Nc2ccccc2C(C)(C)C)c1. The highest BCUT2D eigenvalue weighted by Gasteiger charge is 2.19. The lowest BCUT2D eigenvalue weighted by atomic mass is 9.86. The van der Waals surface area contributed by atoms with Crippen molar-refractivity contribution in [3.63, 3.8) is 0 Å². The van der Waals surface area contributed by atoms with Crippen LogP contribution in [0.3, 0.4) is 0 Å². The fourth-order valence-corrected chi connectivity index (χ4v) is 2.38. The molecule has 2 aromatic rings. The van der Waals surface area contributed by atoms with Gasteiger partial charge < -0.3 is 14.8 Å². The molecule has 0 aliphatic carbocycles. The van der Waals surface area contributed by atoms with Gasteiger partial charge in [0.2, 0.25) is 0 Å². The molecule has 0 unspecified atom stereocenters. The summed E-state index contributed by atoms with van der Waals surface area (Å²) in [6.45, 7) is 6.35. The number of hydrogen-bond donors (Lipinski definition) is 1. The average Bonchev–Trinajstić information content (AvgIpc) is 2.53. The van der Waals surface area contributed by atoms with Gasteiger partial charge in [0.25, 0.3) is 5.91 Å². The number of ether oxygens (including phenoxy) is 2. The zero-order valence-electron chi connectivity index (χ0n) is 14.3. The molecule has 0 saturated heterocycles. The summed E-state index contributed by atoms with van der Waals surface area (Å²) in [6, 6.07) is 13.0. The van der Waals surface area contributed by atoms with Crippen molar-refractivity contribution in [2.45, 2.75) is 26.2 Å². The van der Waals surface area contributed by atoms with E-state index in [0.29, 0.717) is 17.1 Å². The van der Waals surface area contributed by atoms with Gasteiger partial charge in [-0.25, -0.2) is 0 Å². The number of anilines is 1. The van der Waals surface area contributed by atoms with Crippen molar-refractivity contribution in [3.8, 4) is 11.5 Å². The maximum Gasteiger partial charge on any atom is 0.255 e. The maximum absolute atomic E-state index is 12.6. The summed E-state index contributed by atoms with van der Waals surface area (Å²) < 4.78 is 10.4. The van der Waals surface area contributed by atoms with Gasteiger partial charge in [-0.3, -0.25) is 4.79 Å². The smallest absolute Gasteiger partial charge is 0.255 e. The minimum Gasteiger partial charge on any atom is -0.497 e. The number of amides is 1. The van der Waals surface area contributed by atoms with Gasteiger partial charge in [0.05, 0.1) is 14.2 Å². The van der Waals surface area contributed by atoms with Gasteiger partial charge >= 0.3 is 0 Å². The van der Waals surface area contributed by atoms with Crippen LogP contribution in [0.25, 0.3) is 0 Å². The van der Waals surface area contributed by atoms with Gasteiger partial charge in [0.1, 0.15) is 11.5 Å². The van der Waals surface area contributed by atoms with Gasteiger partial charge in [-0.2, -0.15) is 0 Å². The molecular weight excluding hydrogens is 290 g/mol. The number of para-hydroxylation sites is 1. The monoisotopic (exact) mass is 313 g/mol. The predicted molar refractivity (Wildman–Crippen MR) is 92.6 cm³/mol. The van der Waals surface area contributed by atoms with Crippen LogP contribution < -0.4 is 14.8 Å². The van der Waals surface area contributed by atoms with Crippen molar-refractivity contribution >= 4 is 11.6 Å². The van der Waals surface area contributed by atoms with E-state index in [0.717, 1.165) is 11.3 Å². The van der Waals surface area contributed by atoms with Crippen molar-refractivity contribution in [2.24, 2.45) is 0 Å². The van der Waals surface area contributed by atoms with Crippen molar-refractivity contribution in [1.29, 1.82) is 0 Å². The van der Waals surface area contributed by atoms with Gasteiger partial charge in [0, 0.05) is 17.3 Å². The van der Waals surface area contributed by atoms with E-state index in [1.165, 1.54) is 0 Å². The van der Waals surface area contributed by atoms with E-state index in [2.05, 4.69) is 26.1 Å². The second-order valence-corrected chi connectivity index (χ2v) is 6.35. The Bertz CT molecular complexity index is 680. The van der Waals surface area contributed by atoms with Crippen LogP contribution in [0.4, 0.5) is 5.69 Å². The molecule has 4 nitrogen and oxygen atoms in total. The molecule has 1 amide bonds. The number of hydrogen-bond acceptors (Lipinski definition) is 3. The summed E-state index contributed by atoms with van der Waals surface area (Å²) in [5.41, 5.74) is 2.33. The number of carbonyl (C=O) groups is 1. The number of methoxy groups -OCH3 is 2. The van der Waals surface area contributed by atoms with Crippen LogP contribution in [-0.4, -0.2) is 20.1 Å². The Kier molecular flexibility index (Phi) is 4.94. The summed E-state index contributed by atoms with van der Waals surface area (Å²) >= 11 is 0. The minimum atomic E-state index is -0.195. The molecule has 122 valence electrons. The van der Waals surface area contributed by atoms with Crippen molar-refractivity contribution in [1.82, 2.24) is 0 Å². The maximum atomic E-state index is 12.6. The third-order valence-corrected chi connectivity index (χ3v) is 3.60. The Hall–Kier alpha value is -2.49. The highest BCUT2D eigenvalue weighted by molar-refractivity contribution is 6.05. The van der Waals surface area contributed by atoms with E-state index in [4.69, 9.17) is 9.47 Å². The fourth-order valence-electron chi connectivity index (χ4n) is 2.38. The highest BCUT2D eigenvalue weighted by Crippen LogP contribution is 2.30. The molecule has 0 radical (unpaired) electrons. The molecule has 1 N–H and O–H groups in total. The Morgan fingerprint density at radius 3 is 2.04 bits per heavy atom. The summed E-state index contributed by atoms with van der Waals surface area (Å²) in [4.78, 5) is 12.6. The number of rotatable bonds is 4. The van der Waals surface area contributed by atoms with E-state index < -0.39 is 0 Å². The van der Waals surface area contributed by atoms with Crippen molar-refractivity contribution < 1.29 is 14.3 Å². The molecule has 0 aliphatic heterocycles. The summed E-state index contributed by atoms with van der Waals surface area (Å²) in [5.74, 6) is 0.969. The quantitative estimate of drug-likeness (QED) is 0.917. The number of benzene rings is 2. The summed E-state index contributed by atoms with van der Waals surface area (Å²) in [5, 5.41) is 2.99. The second-order valence-electron chi connectivity index (χ2n) is 6.35. The topological polar surface area (TPSA) is 47.6 Å². The Balaban J connectivity index is 2.33. The third-order valence-electron chi connectivity index (χ3n) is 3.60. The molecule has 0 aliphatic rings. The molecule has 0 atom stereocenters. The van der Waals surface area contributed by atoms with E-state index in [-0.39, 0.29) is 11.3 Å². The van der Waals surface area contributed by atoms with Gasteiger partial charge in [-0.1, -0.05) is 39.0 Å². The van der Waals surface area contributed by atoms with E-state index in [1.807, 2.05) is 24.3 Å². The van der Waals surface area contributed by atoms with Crippen LogP contribution in [0.2, 0.25) is 0 Å². The van der Waals surface area contributed by atoms with Crippen molar-refractivity contribution in [2.75, 3.05) is 19.5 Å². The predicted octanol–water partition coefficient (Wildman–Crippen LogP) is 4.25. The Morgan fingerprint density at radius 2 is 1.52 bits per heavy atom. The molecule has 2 rings (SSSR count). The van der Waals surface area contributed by atoms with Crippen molar-refractivity contribution in [3.05, 3.63) is 53.6 Å². The first-order chi connectivity index (χ1) is 10.8.